The highest BCUT2D eigenvalue weighted by molar-refractivity contribution is 9.11. The SMILES string of the molecule is Cc1cc(F)c(C(Cl)c2ccc(Br)cc2Br)cc1F. The summed E-state index contributed by atoms with van der Waals surface area (Å²) in [5.74, 6) is -0.969. The van der Waals surface area contributed by atoms with Crippen LogP contribution in [-0.4, -0.2) is 0 Å². The summed E-state index contributed by atoms with van der Waals surface area (Å²) in [6.45, 7) is 1.51. The van der Waals surface area contributed by atoms with Gasteiger partial charge in [0, 0.05) is 14.5 Å². The van der Waals surface area contributed by atoms with Crippen LogP contribution in [0.2, 0.25) is 0 Å². The van der Waals surface area contributed by atoms with E-state index in [-0.39, 0.29) is 11.1 Å². The van der Waals surface area contributed by atoms with E-state index in [1.165, 1.54) is 6.92 Å². The molecular formula is C14H9Br2ClF2. The molecule has 19 heavy (non-hydrogen) atoms. The summed E-state index contributed by atoms with van der Waals surface area (Å²) in [5, 5.41) is -0.752. The summed E-state index contributed by atoms with van der Waals surface area (Å²) >= 11 is 13.0. The minimum atomic E-state index is -0.752. The molecule has 0 aliphatic carbocycles. The first kappa shape index (κ1) is 14.9. The van der Waals surface area contributed by atoms with Crippen molar-refractivity contribution in [3.8, 4) is 0 Å². The van der Waals surface area contributed by atoms with Crippen molar-refractivity contribution in [2.45, 2.75) is 12.3 Å². The largest absolute Gasteiger partial charge is 0.207 e. The summed E-state index contributed by atoms with van der Waals surface area (Å²) in [4.78, 5) is 0. The van der Waals surface area contributed by atoms with E-state index in [1.54, 1.807) is 12.1 Å². The second-order valence-corrected chi connectivity index (χ2v) is 6.36. The van der Waals surface area contributed by atoms with Crippen LogP contribution in [0.25, 0.3) is 0 Å². The molecule has 2 aromatic carbocycles. The fourth-order valence-electron chi connectivity index (χ4n) is 1.73. The summed E-state index contributed by atoms with van der Waals surface area (Å²) in [6, 6.07) is 7.69. The lowest BCUT2D eigenvalue weighted by atomic mass is 10.0. The highest BCUT2D eigenvalue weighted by Crippen LogP contribution is 2.36. The molecule has 100 valence electrons. The van der Waals surface area contributed by atoms with E-state index in [4.69, 9.17) is 11.6 Å². The van der Waals surface area contributed by atoms with Gasteiger partial charge in [-0.3, -0.25) is 0 Å². The van der Waals surface area contributed by atoms with Crippen molar-refractivity contribution in [3.63, 3.8) is 0 Å². The monoisotopic (exact) mass is 408 g/mol. The Morgan fingerprint density at radius 1 is 1.00 bits per heavy atom. The van der Waals surface area contributed by atoms with Crippen LogP contribution in [0, 0.1) is 18.6 Å². The van der Waals surface area contributed by atoms with E-state index in [2.05, 4.69) is 31.9 Å². The van der Waals surface area contributed by atoms with E-state index < -0.39 is 17.0 Å². The van der Waals surface area contributed by atoms with Crippen molar-refractivity contribution in [2.24, 2.45) is 0 Å². The Balaban J connectivity index is 2.49. The minimum absolute atomic E-state index is 0.132. The number of hydrogen-bond donors (Lipinski definition) is 0. The van der Waals surface area contributed by atoms with Gasteiger partial charge in [-0.2, -0.15) is 0 Å². The summed E-state index contributed by atoms with van der Waals surface area (Å²) < 4.78 is 29.1. The maximum absolute atomic E-state index is 13.9. The van der Waals surface area contributed by atoms with E-state index in [0.717, 1.165) is 21.1 Å². The molecule has 0 amide bonds. The molecule has 0 radical (unpaired) electrons. The molecule has 0 bridgehead atoms. The number of benzene rings is 2. The molecule has 2 aromatic rings. The summed E-state index contributed by atoms with van der Waals surface area (Å²) in [7, 11) is 0. The molecule has 0 aromatic heterocycles. The maximum atomic E-state index is 13.9. The molecule has 0 fully saturated rings. The number of halogens is 5. The molecule has 0 saturated carbocycles. The Morgan fingerprint density at radius 2 is 1.68 bits per heavy atom. The molecule has 2 rings (SSSR count). The van der Waals surface area contributed by atoms with Gasteiger partial charge in [-0.25, -0.2) is 8.78 Å². The molecule has 0 heterocycles. The van der Waals surface area contributed by atoms with Crippen LogP contribution in [0.1, 0.15) is 22.1 Å². The summed E-state index contributed by atoms with van der Waals surface area (Å²) in [6.07, 6.45) is 0. The molecule has 5 heteroatoms. The smallest absolute Gasteiger partial charge is 0.128 e. The molecule has 1 unspecified atom stereocenters. The summed E-state index contributed by atoms with van der Waals surface area (Å²) in [5.41, 5.74) is 1.08. The Hall–Kier alpha value is -0.450. The van der Waals surface area contributed by atoms with Gasteiger partial charge in [0.05, 0.1) is 5.38 Å². The van der Waals surface area contributed by atoms with Gasteiger partial charge in [0.2, 0.25) is 0 Å². The molecule has 0 aliphatic heterocycles. The Bertz CT molecular complexity index is 629. The van der Waals surface area contributed by atoms with E-state index >= 15 is 0 Å². The van der Waals surface area contributed by atoms with Crippen molar-refractivity contribution in [2.75, 3.05) is 0 Å². The molecule has 0 spiro atoms. The van der Waals surface area contributed by atoms with Gasteiger partial charge in [-0.1, -0.05) is 37.9 Å². The van der Waals surface area contributed by atoms with Gasteiger partial charge < -0.3 is 0 Å². The lowest BCUT2D eigenvalue weighted by molar-refractivity contribution is 0.580. The molecule has 1 atom stereocenters. The fourth-order valence-corrected chi connectivity index (χ4v) is 3.50. The molecule has 0 saturated heterocycles. The lowest BCUT2D eigenvalue weighted by Gasteiger charge is -2.14. The first-order chi connectivity index (χ1) is 8.90. The van der Waals surface area contributed by atoms with Gasteiger partial charge in [0.1, 0.15) is 11.6 Å². The van der Waals surface area contributed by atoms with Crippen molar-refractivity contribution in [1.29, 1.82) is 0 Å². The highest BCUT2D eigenvalue weighted by atomic mass is 79.9. The maximum Gasteiger partial charge on any atom is 0.128 e. The van der Waals surface area contributed by atoms with Crippen LogP contribution in [-0.2, 0) is 0 Å². The third-order valence-corrected chi connectivity index (χ3v) is 4.44. The minimum Gasteiger partial charge on any atom is -0.207 e. The first-order valence-corrected chi connectivity index (χ1v) is 7.47. The normalized spacial score (nSPS) is 12.5. The standard InChI is InChI=1S/C14H9Br2ClF2/c1-7-4-13(19)10(6-12(7)18)14(17)9-3-2-8(15)5-11(9)16/h2-6,14H,1H3. The lowest BCUT2D eigenvalue weighted by Crippen LogP contribution is -2.00. The predicted molar refractivity (Wildman–Crippen MR) is 80.6 cm³/mol. The van der Waals surface area contributed by atoms with Crippen LogP contribution < -0.4 is 0 Å². The van der Waals surface area contributed by atoms with Crippen LogP contribution in [0.3, 0.4) is 0 Å². The number of aryl methyl sites for hydroxylation is 1. The van der Waals surface area contributed by atoms with Crippen LogP contribution in [0.4, 0.5) is 8.78 Å². The van der Waals surface area contributed by atoms with E-state index in [0.29, 0.717) is 5.56 Å². The molecular weight excluding hydrogens is 401 g/mol. The fraction of sp³-hybridized carbons (Fsp3) is 0.143. The Kier molecular flexibility index (Phi) is 4.64. The van der Waals surface area contributed by atoms with Gasteiger partial charge in [-0.05, 0) is 42.3 Å². The van der Waals surface area contributed by atoms with E-state index in [9.17, 15) is 8.78 Å². The first-order valence-electron chi connectivity index (χ1n) is 5.44. The number of alkyl halides is 1. The zero-order chi connectivity index (χ0) is 14.2. The third kappa shape index (κ3) is 3.18. The topological polar surface area (TPSA) is 0 Å². The van der Waals surface area contributed by atoms with Crippen LogP contribution in [0.5, 0.6) is 0 Å². The average molecular weight is 410 g/mol. The predicted octanol–water partition coefficient (Wildman–Crippen LogP) is 6.13. The zero-order valence-corrected chi connectivity index (χ0v) is 13.8. The molecule has 0 nitrogen and oxygen atoms in total. The average Bonchev–Trinajstić information content (AvgIpc) is 2.33. The van der Waals surface area contributed by atoms with E-state index in [1.807, 2.05) is 6.07 Å². The third-order valence-electron chi connectivity index (χ3n) is 2.79. The molecule has 0 N–H and O–H groups in total. The quantitative estimate of drug-likeness (QED) is 0.523. The van der Waals surface area contributed by atoms with Crippen LogP contribution >= 0.6 is 43.5 Å². The number of hydrogen-bond acceptors (Lipinski definition) is 0. The zero-order valence-electron chi connectivity index (χ0n) is 9.85. The Labute approximate surface area is 132 Å². The van der Waals surface area contributed by atoms with Crippen LogP contribution in [0.15, 0.2) is 39.3 Å². The number of rotatable bonds is 2. The van der Waals surface area contributed by atoms with Gasteiger partial charge in [-0.15, -0.1) is 11.6 Å². The Morgan fingerprint density at radius 3 is 2.32 bits per heavy atom. The van der Waals surface area contributed by atoms with Gasteiger partial charge in [0.25, 0.3) is 0 Å². The van der Waals surface area contributed by atoms with Gasteiger partial charge in [0.15, 0.2) is 0 Å². The highest BCUT2D eigenvalue weighted by Gasteiger charge is 2.19. The second kappa shape index (κ2) is 5.90. The molecule has 0 aliphatic rings. The van der Waals surface area contributed by atoms with Crippen molar-refractivity contribution < 1.29 is 8.78 Å². The van der Waals surface area contributed by atoms with Crippen molar-refractivity contribution in [3.05, 3.63) is 67.6 Å². The van der Waals surface area contributed by atoms with Gasteiger partial charge >= 0.3 is 0 Å². The van der Waals surface area contributed by atoms with Crippen molar-refractivity contribution in [1.82, 2.24) is 0 Å². The second-order valence-electron chi connectivity index (χ2n) is 4.15. The van der Waals surface area contributed by atoms with Crippen molar-refractivity contribution >= 4 is 43.5 Å².